The zero-order valence-corrected chi connectivity index (χ0v) is 9.79. The molecule has 0 fully saturated rings. The topological polar surface area (TPSA) is 35.5 Å². The van der Waals surface area contributed by atoms with Gasteiger partial charge in [0.2, 0.25) is 0 Å². The largest absolute Gasteiger partial charge is 0.463 e. The summed E-state index contributed by atoms with van der Waals surface area (Å²) in [5, 5.41) is 0. The molecule has 1 heterocycles. The molecule has 0 aromatic heterocycles. The normalized spacial score (nSPS) is 25.1. The monoisotopic (exact) mass is 212 g/mol. The average Bonchev–Trinajstić information content (AvgIpc) is 2.53. The molecule has 1 aliphatic heterocycles. The van der Waals surface area contributed by atoms with Crippen molar-refractivity contribution in [2.45, 2.75) is 52.2 Å². The van der Waals surface area contributed by atoms with E-state index in [-0.39, 0.29) is 18.2 Å². The molecule has 0 spiro atoms. The van der Waals surface area contributed by atoms with E-state index in [4.69, 9.17) is 9.47 Å². The Hall–Kier alpha value is -0.830. The van der Waals surface area contributed by atoms with Crippen molar-refractivity contribution >= 4 is 5.97 Å². The second-order valence-electron chi connectivity index (χ2n) is 4.02. The van der Waals surface area contributed by atoms with Gasteiger partial charge >= 0.3 is 5.97 Å². The summed E-state index contributed by atoms with van der Waals surface area (Å²) in [7, 11) is 0. The first-order valence-corrected chi connectivity index (χ1v) is 5.60. The van der Waals surface area contributed by atoms with E-state index in [0.29, 0.717) is 6.61 Å². The highest BCUT2D eigenvalue weighted by atomic mass is 16.6. The predicted molar refractivity (Wildman–Crippen MR) is 58.6 cm³/mol. The first-order chi connectivity index (χ1) is 7.13. The highest BCUT2D eigenvalue weighted by molar-refractivity contribution is 5.65. The Labute approximate surface area is 91.4 Å². The zero-order chi connectivity index (χ0) is 11.3. The fourth-order valence-corrected chi connectivity index (χ4v) is 1.68. The molecule has 3 nitrogen and oxygen atoms in total. The van der Waals surface area contributed by atoms with Crippen LogP contribution in [0.3, 0.4) is 0 Å². The molecule has 15 heavy (non-hydrogen) atoms. The Kier molecular flexibility index (Phi) is 4.82. The van der Waals surface area contributed by atoms with Crippen molar-refractivity contribution in [1.82, 2.24) is 0 Å². The second kappa shape index (κ2) is 5.91. The summed E-state index contributed by atoms with van der Waals surface area (Å²) in [5.41, 5.74) is 1.18. The van der Waals surface area contributed by atoms with Crippen molar-refractivity contribution in [3.63, 3.8) is 0 Å². The van der Waals surface area contributed by atoms with Crippen molar-refractivity contribution in [2.75, 3.05) is 6.61 Å². The molecule has 0 aromatic carbocycles. The molecule has 0 aliphatic carbocycles. The molecule has 0 saturated carbocycles. The number of esters is 1. The molecule has 0 radical (unpaired) electrons. The summed E-state index contributed by atoms with van der Waals surface area (Å²) in [6, 6.07) is 0. The van der Waals surface area contributed by atoms with Crippen LogP contribution in [-0.4, -0.2) is 24.8 Å². The minimum Gasteiger partial charge on any atom is -0.463 e. The Balaban J connectivity index is 2.32. The molecule has 2 atom stereocenters. The van der Waals surface area contributed by atoms with Crippen molar-refractivity contribution in [1.29, 1.82) is 0 Å². The first kappa shape index (κ1) is 12.2. The molecule has 0 saturated heterocycles. The molecule has 3 heteroatoms. The van der Waals surface area contributed by atoms with E-state index in [1.807, 2.05) is 6.92 Å². The van der Waals surface area contributed by atoms with Gasteiger partial charge in [0.25, 0.3) is 0 Å². The second-order valence-corrected chi connectivity index (χ2v) is 4.02. The van der Waals surface area contributed by atoms with Crippen LogP contribution in [-0.2, 0) is 14.3 Å². The van der Waals surface area contributed by atoms with E-state index < -0.39 is 0 Å². The van der Waals surface area contributed by atoms with Crippen LogP contribution in [0.2, 0.25) is 0 Å². The van der Waals surface area contributed by atoms with Crippen LogP contribution in [0.5, 0.6) is 0 Å². The van der Waals surface area contributed by atoms with Crippen LogP contribution in [0.1, 0.15) is 40.0 Å². The molecule has 1 rings (SSSR count). The third-order valence-electron chi connectivity index (χ3n) is 2.58. The Bertz CT molecular complexity index is 245. The highest BCUT2D eigenvalue weighted by Crippen LogP contribution is 2.23. The molecule has 0 bridgehead atoms. The first-order valence-electron chi connectivity index (χ1n) is 5.60. The van der Waals surface area contributed by atoms with Gasteiger partial charge in [-0.15, -0.1) is 0 Å². The lowest BCUT2D eigenvalue weighted by Gasteiger charge is -2.15. The standard InChI is InChI=1S/C12H20O3/c1-4-5-6-11-7-9(2)12(15-11)8-14-10(3)13/h7,11-12H,4-6,8H2,1-3H3/t11-,12+/m1/s1. The van der Waals surface area contributed by atoms with Crippen molar-refractivity contribution in [3.05, 3.63) is 11.6 Å². The predicted octanol–water partition coefficient (Wildman–Crippen LogP) is 2.45. The molecular weight excluding hydrogens is 192 g/mol. The van der Waals surface area contributed by atoms with Crippen LogP contribution in [0, 0.1) is 0 Å². The van der Waals surface area contributed by atoms with Crippen LogP contribution < -0.4 is 0 Å². The summed E-state index contributed by atoms with van der Waals surface area (Å²) >= 11 is 0. The number of unbranched alkanes of at least 4 members (excludes halogenated alkanes) is 1. The van der Waals surface area contributed by atoms with Gasteiger partial charge in [-0.1, -0.05) is 25.8 Å². The van der Waals surface area contributed by atoms with Gasteiger partial charge in [-0.05, 0) is 18.9 Å². The number of ether oxygens (including phenoxy) is 2. The summed E-state index contributed by atoms with van der Waals surface area (Å²) in [6.45, 7) is 5.96. The van der Waals surface area contributed by atoms with Gasteiger partial charge in [0.1, 0.15) is 12.7 Å². The number of hydrogen-bond donors (Lipinski definition) is 0. The number of rotatable bonds is 5. The molecule has 1 aliphatic rings. The van der Waals surface area contributed by atoms with Crippen molar-refractivity contribution in [2.24, 2.45) is 0 Å². The maximum atomic E-state index is 10.7. The van der Waals surface area contributed by atoms with Crippen molar-refractivity contribution < 1.29 is 14.3 Å². The quantitative estimate of drug-likeness (QED) is 0.518. The minimum atomic E-state index is -0.247. The van der Waals surface area contributed by atoms with E-state index in [9.17, 15) is 4.79 Å². The summed E-state index contributed by atoms with van der Waals surface area (Å²) < 4.78 is 10.7. The summed E-state index contributed by atoms with van der Waals surface area (Å²) in [4.78, 5) is 10.7. The van der Waals surface area contributed by atoms with E-state index in [1.165, 1.54) is 25.3 Å². The van der Waals surface area contributed by atoms with Gasteiger partial charge in [0, 0.05) is 6.92 Å². The maximum absolute atomic E-state index is 10.7. The molecule has 86 valence electrons. The third-order valence-corrected chi connectivity index (χ3v) is 2.58. The van der Waals surface area contributed by atoms with Crippen molar-refractivity contribution in [3.8, 4) is 0 Å². The van der Waals surface area contributed by atoms with Gasteiger partial charge in [-0.25, -0.2) is 0 Å². The Morgan fingerprint density at radius 1 is 1.60 bits per heavy atom. The van der Waals surface area contributed by atoms with E-state index in [0.717, 1.165) is 6.42 Å². The van der Waals surface area contributed by atoms with Gasteiger partial charge in [-0.3, -0.25) is 4.79 Å². The van der Waals surface area contributed by atoms with E-state index in [1.54, 1.807) is 0 Å². The molecule has 0 amide bonds. The van der Waals surface area contributed by atoms with Crippen LogP contribution >= 0.6 is 0 Å². The number of hydrogen-bond acceptors (Lipinski definition) is 3. The molecular formula is C12H20O3. The van der Waals surface area contributed by atoms with Crippen LogP contribution in [0.15, 0.2) is 11.6 Å². The lowest BCUT2D eigenvalue weighted by molar-refractivity contribution is -0.144. The zero-order valence-electron chi connectivity index (χ0n) is 9.79. The number of carbonyl (C=O) groups excluding carboxylic acids is 1. The smallest absolute Gasteiger partial charge is 0.302 e. The Morgan fingerprint density at radius 3 is 2.93 bits per heavy atom. The lowest BCUT2D eigenvalue weighted by Crippen LogP contribution is -2.21. The maximum Gasteiger partial charge on any atom is 0.302 e. The van der Waals surface area contributed by atoms with Gasteiger partial charge in [0.05, 0.1) is 6.10 Å². The van der Waals surface area contributed by atoms with E-state index in [2.05, 4.69) is 13.0 Å². The van der Waals surface area contributed by atoms with E-state index >= 15 is 0 Å². The van der Waals surface area contributed by atoms with Gasteiger partial charge < -0.3 is 9.47 Å². The van der Waals surface area contributed by atoms with Gasteiger partial charge in [-0.2, -0.15) is 0 Å². The number of carbonyl (C=O) groups is 1. The van der Waals surface area contributed by atoms with Crippen LogP contribution in [0.25, 0.3) is 0 Å². The highest BCUT2D eigenvalue weighted by Gasteiger charge is 2.24. The fourth-order valence-electron chi connectivity index (χ4n) is 1.68. The SMILES string of the molecule is CCCC[C@@H]1C=C(C)[C@H](COC(C)=O)O1. The third kappa shape index (κ3) is 4.04. The van der Waals surface area contributed by atoms with Gasteiger partial charge in [0.15, 0.2) is 0 Å². The summed E-state index contributed by atoms with van der Waals surface area (Å²) in [6.07, 6.45) is 5.74. The lowest BCUT2D eigenvalue weighted by atomic mass is 10.1. The average molecular weight is 212 g/mol. The minimum absolute atomic E-state index is 0.0317. The fraction of sp³-hybridized carbons (Fsp3) is 0.750. The molecule has 0 unspecified atom stereocenters. The van der Waals surface area contributed by atoms with Crippen LogP contribution in [0.4, 0.5) is 0 Å². The molecule has 0 N–H and O–H groups in total. The summed E-state index contributed by atoms with van der Waals surface area (Å²) in [5.74, 6) is -0.247. The Morgan fingerprint density at radius 2 is 2.33 bits per heavy atom. The molecule has 0 aromatic rings.